The fraction of sp³-hybridized carbons (Fsp3) is 0.133. The van der Waals surface area contributed by atoms with Crippen molar-refractivity contribution in [2.45, 2.75) is 5.33 Å². The number of alkyl halides is 1. The maximum absolute atomic E-state index is 4.10. The van der Waals surface area contributed by atoms with Crippen molar-refractivity contribution in [2.24, 2.45) is 7.05 Å². The first-order chi connectivity index (χ1) is 9.79. The highest BCUT2D eigenvalue weighted by Crippen LogP contribution is 2.30. The Hall–Kier alpha value is -2.01. The molecule has 4 nitrogen and oxygen atoms in total. The van der Waals surface area contributed by atoms with Gasteiger partial charge in [-0.25, -0.2) is 4.68 Å². The molecule has 3 rings (SSSR count). The molecule has 0 aliphatic carbocycles. The van der Waals surface area contributed by atoms with Crippen LogP contribution in [-0.4, -0.2) is 20.2 Å². The van der Waals surface area contributed by atoms with Gasteiger partial charge in [-0.2, -0.15) is 0 Å². The van der Waals surface area contributed by atoms with Crippen LogP contribution in [0, 0.1) is 0 Å². The third-order valence-electron chi connectivity index (χ3n) is 3.21. The molecule has 1 heterocycles. The van der Waals surface area contributed by atoms with Crippen molar-refractivity contribution in [1.29, 1.82) is 0 Å². The van der Waals surface area contributed by atoms with Gasteiger partial charge in [0.25, 0.3) is 0 Å². The molecule has 0 aliphatic heterocycles. The van der Waals surface area contributed by atoms with Crippen LogP contribution in [0.5, 0.6) is 0 Å². The van der Waals surface area contributed by atoms with E-state index in [4.69, 9.17) is 0 Å². The predicted octanol–water partition coefficient (Wildman–Crippen LogP) is 3.44. The lowest BCUT2D eigenvalue weighted by Crippen LogP contribution is -1.96. The van der Waals surface area contributed by atoms with Crippen molar-refractivity contribution in [3.63, 3.8) is 0 Å². The summed E-state index contributed by atoms with van der Waals surface area (Å²) in [5.74, 6) is 0.769. The number of tetrazole rings is 1. The summed E-state index contributed by atoms with van der Waals surface area (Å²) in [6.45, 7) is 0. The van der Waals surface area contributed by atoms with Crippen molar-refractivity contribution < 1.29 is 0 Å². The summed E-state index contributed by atoms with van der Waals surface area (Å²) in [7, 11) is 1.85. The Labute approximate surface area is 125 Å². The Morgan fingerprint density at radius 3 is 2.30 bits per heavy atom. The number of nitrogens with zero attached hydrogens (tertiary/aromatic N) is 4. The van der Waals surface area contributed by atoms with E-state index in [0.29, 0.717) is 0 Å². The molecule has 0 saturated heterocycles. The van der Waals surface area contributed by atoms with Gasteiger partial charge >= 0.3 is 0 Å². The Balaban J connectivity index is 2.12. The molecule has 1 aromatic heterocycles. The Morgan fingerprint density at radius 1 is 1.00 bits per heavy atom. The van der Waals surface area contributed by atoms with Crippen LogP contribution in [0.25, 0.3) is 22.5 Å². The molecule has 0 bridgehead atoms. The van der Waals surface area contributed by atoms with Crippen molar-refractivity contribution in [1.82, 2.24) is 20.2 Å². The zero-order valence-corrected chi connectivity index (χ0v) is 12.6. The molecule has 0 unspecified atom stereocenters. The number of aryl methyl sites for hydroxylation is 1. The summed E-state index contributed by atoms with van der Waals surface area (Å²) >= 11 is 3.46. The molecule has 0 radical (unpaired) electrons. The summed E-state index contributed by atoms with van der Waals surface area (Å²) in [6, 6.07) is 16.7. The second-order valence-electron chi connectivity index (χ2n) is 4.50. The van der Waals surface area contributed by atoms with E-state index < -0.39 is 0 Å². The first-order valence-corrected chi connectivity index (χ1v) is 7.39. The van der Waals surface area contributed by atoms with E-state index in [2.05, 4.69) is 61.8 Å². The SMILES string of the molecule is Cn1nnnc1-c1ccccc1-c1ccc(CBr)cc1. The van der Waals surface area contributed by atoms with E-state index in [0.717, 1.165) is 27.8 Å². The second kappa shape index (κ2) is 5.54. The molecule has 100 valence electrons. The van der Waals surface area contributed by atoms with Crippen LogP contribution in [0.1, 0.15) is 5.56 Å². The van der Waals surface area contributed by atoms with Crippen LogP contribution in [-0.2, 0) is 12.4 Å². The average molecular weight is 329 g/mol. The minimum atomic E-state index is 0.769. The number of hydrogen-bond acceptors (Lipinski definition) is 3. The molecule has 5 heteroatoms. The van der Waals surface area contributed by atoms with E-state index in [1.807, 2.05) is 25.2 Å². The first kappa shape index (κ1) is 13.0. The highest BCUT2D eigenvalue weighted by Gasteiger charge is 2.11. The number of halogens is 1. The molecule has 0 saturated carbocycles. The third kappa shape index (κ3) is 2.36. The quantitative estimate of drug-likeness (QED) is 0.692. The number of hydrogen-bond donors (Lipinski definition) is 0. The molecule has 0 aliphatic rings. The highest BCUT2D eigenvalue weighted by atomic mass is 79.9. The Kier molecular flexibility index (Phi) is 3.60. The maximum Gasteiger partial charge on any atom is 0.182 e. The van der Waals surface area contributed by atoms with Crippen molar-refractivity contribution in [2.75, 3.05) is 0 Å². The minimum absolute atomic E-state index is 0.769. The zero-order valence-electron chi connectivity index (χ0n) is 11.0. The fourth-order valence-corrected chi connectivity index (χ4v) is 2.53. The van der Waals surface area contributed by atoms with Crippen LogP contribution < -0.4 is 0 Å². The highest BCUT2D eigenvalue weighted by molar-refractivity contribution is 9.08. The third-order valence-corrected chi connectivity index (χ3v) is 3.85. The molecule has 2 aromatic carbocycles. The lowest BCUT2D eigenvalue weighted by molar-refractivity contribution is 0.715. The van der Waals surface area contributed by atoms with E-state index in [1.54, 1.807) is 4.68 Å². The van der Waals surface area contributed by atoms with E-state index in [9.17, 15) is 0 Å². The molecule has 0 fully saturated rings. The smallest absolute Gasteiger partial charge is 0.182 e. The molecule has 0 N–H and O–H groups in total. The van der Waals surface area contributed by atoms with Gasteiger partial charge in [0.05, 0.1) is 0 Å². The van der Waals surface area contributed by atoms with Gasteiger partial charge < -0.3 is 0 Å². The van der Waals surface area contributed by atoms with Crippen LogP contribution >= 0.6 is 15.9 Å². The van der Waals surface area contributed by atoms with Gasteiger partial charge in [-0.1, -0.05) is 64.5 Å². The van der Waals surface area contributed by atoms with Crippen molar-refractivity contribution in [3.8, 4) is 22.5 Å². The topological polar surface area (TPSA) is 43.6 Å². The van der Waals surface area contributed by atoms with Gasteiger partial charge in [0.15, 0.2) is 5.82 Å². The number of benzene rings is 2. The minimum Gasteiger partial charge on any atom is -0.229 e. The van der Waals surface area contributed by atoms with E-state index >= 15 is 0 Å². The van der Waals surface area contributed by atoms with Gasteiger partial charge in [-0.15, -0.1) is 5.10 Å². The van der Waals surface area contributed by atoms with Gasteiger partial charge in [-0.3, -0.25) is 0 Å². The lowest BCUT2D eigenvalue weighted by atomic mass is 9.98. The summed E-state index contributed by atoms with van der Waals surface area (Å²) in [6.07, 6.45) is 0. The Bertz CT molecular complexity index is 719. The Morgan fingerprint density at radius 2 is 1.70 bits per heavy atom. The van der Waals surface area contributed by atoms with Gasteiger partial charge in [0.1, 0.15) is 0 Å². The van der Waals surface area contributed by atoms with Gasteiger partial charge in [0, 0.05) is 17.9 Å². The normalized spacial score (nSPS) is 10.7. The summed E-state index contributed by atoms with van der Waals surface area (Å²) in [4.78, 5) is 0. The molecular weight excluding hydrogens is 316 g/mol. The molecule has 20 heavy (non-hydrogen) atoms. The largest absolute Gasteiger partial charge is 0.229 e. The molecule has 3 aromatic rings. The maximum atomic E-state index is 4.10. The van der Waals surface area contributed by atoms with Crippen LogP contribution in [0.15, 0.2) is 48.5 Å². The van der Waals surface area contributed by atoms with Crippen LogP contribution in [0.3, 0.4) is 0 Å². The summed E-state index contributed by atoms with van der Waals surface area (Å²) < 4.78 is 1.69. The first-order valence-electron chi connectivity index (χ1n) is 6.26. The second-order valence-corrected chi connectivity index (χ2v) is 5.06. The van der Waals surface area contributed by atoms with Crippen LogP contribution in [0.4, 0.5) is 0 Å². The average Bonchev–Trinajstić information content (AvgIpc) is 2.93. The lowest BCUT2D eigenvalue weighted by Gasteiger charge is -2.08. The zero-order chi connectivity index (χ0) is 13.9. The van der Waals surface area contributed by atoms with E-state index in [1.165, 1.54) is 5.56 Å². The number of aromatic nitrogens is 4. The van der Waals surface area contributed by atoms with Crippen molar-refractivity contribution >= 4 is 15.9 Å². The number of rotatable bonds is 3. The fourth-order valence-electron chi connectivity index (χ4n) is 2.16. The molecular formula is C15H13BrN4. The molecule has 0 atom stereocenters. The van der Waals surface area contributed by atoms with Gasteiger partial charge in [-0.05, 0) is 27.1 Å². The summed E-state index contributed by atoms with van der Waals surface area (Å²) in [5.41, 5.74) is 4.58. The monoisotopic (exact) mass is 328 g/mol. The molecule has 0 amide bonds. The predicted molar refractivity (Wildman–Crippen MR) is 82.3 cm³/mol. The standard InChI is InChI=1S/C15H13BrN4/c1-20-15(17-18-19-20)14-5-3-2-4-13(14)12-8-6-11(10-16)7-9-12/h2-9H,10H2,1H3. The van der Waals surface area contributed by atoms with Crippen LogP contribution in [0.2, 0.25) is 0 Å². The van der Waals surface area contributed by atoms with Crippen molar-refractivity contribution in [3.05, 3.63) is 54.1 Å². The van der Waals surface area contributed by atoms with E-state index in [-0.39, 0.29) is 0 Å². The summed E-state index contributed by atoms with van der Waals surface area (Å²) in [5, 5.41) is 12.6. The molecule has 0 spiro atoms. The van der Waals surface area contributed by atoms with Gasteiger partial charge in [0.2, 0.25) is 0 Å².